The van der Waals surface area contributed by atoms with E-state index in [-0.39, 0.29) is 11.9 Å². The summed E-state index contributed by atoms with van der Waals surface area (Å²) in [6.07, 6.45) is 4.22. The Morgan fingerprint density at radius 3 is 2.88 bits per heavy atom. The zero-order valence-electron chi connectivity index (χ0n) is 14.9. The van der Waals surface area contributed by atoms with Crippen molar-refractivity contribution in [2.75, 3.05) is 17.6 Å². The van der Waals surface area contributed by atoms with Crippen molar-refractivity contribution in [3.63, 3.8) is 0 Å². The van der Waals surface area contributed by atoms with Gasteiger partial charge in [-0.1, -0.05) is 59.5 Å². The number of anilines is 1. The molecule has 5 nitrogen and oxygen atoms in total. The van der Waals surface area contributed by atoms with Gasteiger partial charge in [0, 0.05) is 19.1 Å². The second kappa shape index (κ2) is 9.19. The van der Waals surface area contributed by atoms with E-state index in [0.29, 0.717) is 24.8 Å². The van der Waals surface area contributed by atoms with Crippen LogP contribution in [0.2, 0.25) is 0 Å². The van der Waals surface area contributed by atoms with E-state index in [1.165, 1.54) is 41.5 Å². The zero-order valence-corrected chi connectivity index (χ0v) is 16.6. The number of benzene rings is 1. The molecular formula is C19H24N4OS2. The van der Waals surface area contributed by atoms with Gasteiger partial charge in [0.25, 0.3) is 0 Å². The molecule has 1 unspecified atom stereocenters. The highest BCUT2D eigenvalue weighted by molar-refractivity contribution is 8.01. The van der Waals surface area contributed by atoms with Crippen LogP contribution in [0.5, 0.6) is 0 Å². The van der Waals surface area contributed by atoms with Crippen LogP contribution in [0.3, 0.4) is 0 Å². The van der Waals surface area contributed by atoms with Gasteiger partial charge in [0.05, 0.1) is 5.75 Å². The molecule has 138 valence electrons. The summed E-state index contributed by atoms with van der Waals surface area (Å²) in [6, 6.07) is 10.5. The lowest BCUT2D eigenvalue weighted by atomic mass is 10.1. The Kier molecular flexibility index (Phi) is 6.68. The number of nitrogens with zero attached hydrogens (tertiary/aromatic N) is 3. The summed E-state index contributed by atoms with van der Waals surface area (Å²) in [5, 5.41) is 12.1. The van der Waals surface area contributed by atoms with Gasteiger partial charge in [-0.15, -0.1) is 16.8 Å². The number of nitrogens with one attached hydrogen (secondary N) is 1. The third-order valence-electron chi connectivity index (χ3n) is 4.44. The van der Waals surface area contributed by atoms with Crippen molar-refractivity contribution in [2.45, 2.75) is 36.7 Å². The minimum atomic E-state index is 0.161. The molecule has 1 aromatic heterocycles. The van der Waals surface area contributed by atoms with E-state index in [2.05, 4.69) is 41.1 Å². The van der Waals surface area contributed by atoms with E-state index in [1.807, 2.05) is 23.1 Å². The number of aromatic nitrogens is 2. The van der Waals surface area contributed by atoms with Gasteiger partial charge in [0.2, 0.25) is 11.0 Å². The molecular weight excluding hydrogens is 364 g/mol. The lowest BCUT2D eigenvalue weighted by Crippen LogP contribution is -2.40. The lowest BCUT2D eigenvalue weighted by molar-refractivity contribution is -0.131. The first-order valence-corrected chi connectivity index (χ1v) is 10.6. The molecule has 0 saturated heterocycles. The number of hydrogen-bond donors (Lipinski definition) is 1. The molecule has 7 heteroatoms. The van der Waals surface area contributed by atoms with Crippen molar-refractivity contribution in [3.05, 3.63) is 48.6 Å². The summed E-state index contributed by atoms with van der Waals surface area (Å²) in [6.45, 7) is 7.16. The Morgan fingerprint density at radius 1 is 1.42 bits per heavy atom. The van der Waals surface area contributed by atoms with Crippen molar-refractivity contribution < 1.29 is 4.79 Å². The van der Waals surface area contributed by atoms with Crippen LogP contribution in [0.15, 0.2) is 47.3 Å². The Hall–Kier alpha value is -1.86. The fourth-order valence-corrected chi connectivity index (χ4v) is 4.42. The van der Waals surface area contributed by atoms with Crippen LogP contribution in [0, 0.1) is 5.92 Å². The van der Waals surface area contributed by atoms with Gasteiger partial charge in [-0.3, -0.25) is 4.79 Å². The maximum atomic E-state index is 12.9. The molecule has 1 amide bonds. The SMILES string of the molecule is C=CCNc1nnc(SCC(=O)N(Cc2ccccc2)C(C)C2CC2)s1. The van der Waals surface area contributed by atoms with Gasteiger partial charge in [0.1, 0.15) is 0 Å². The molecule has 0 bridgehead atoms. The van der Waals surface area contributed by atoms with E-state index in [4.69, 9.17) is 0 Å². The van der Waals surface area contributed by atoms with Crippen molar-refractivity contribution in [1.82, 2.24) is 15.1 Å². The Labute approximate surface area is 162 Å². The minimum Gasteiger partial charge on any atom is -0.357 e. The number of hydrogen-bond acceptors (Lipinski definition) is 6. The first kappa shape index (κ1) is 18.9. The maximum Gasteiger partial charge on any atom is 0.233 e. The van der Waals surface area contributed by atoms with Gasteiger partial charge < -0.3 is 10.2 Å². The molecule has 0 aliphatic heterocycles. The number of rotatable bonds is 10. The van der Waals surface area contributed by atoms with Crippen molar-refractivity contribution >= 4 is 34.1 Å². The van der Waals surface area contributed by atoms with Gasteiger partial charge in [-0.05, 0) is 31.2 Å². The molecule has 1 aliphatic carbocycles. The van der Waals surface area contributed by atoms with E-state index in [1.54, 1.807) is 6.08 Å². The molecule has 2 aromatic rings. The van der Waals surface area contributed by atoms with Crippen LogP contribution in [0.1, 0.15) is 25.3 Å². The first-order chi connectivity index (χ1) is 12.7. The molecule has 1 atom stereocenters. The molecule has 1 heterocycles. The highest BCUT2D eigenvalue weighted by Gasteiger charge is 2.34. The van der Waals surface area contributed by atoms with Gasteiger partial charge in [-0.25, -0.2) is 0 Å². The molecule has 3 rings (SSSR count). The summed E-state index contributed by atoms with van der Waals surface area (Å²) in [7, 11) is 0. The normalized spacial score (nSPS) is 14.7. The zero-order chi connectivity index (χ0) is 18.4. The molecule has 1 N–H and O–H groups in total. The topological polar surface area (TPSA) is 58.1 Å². The van der Waals surface area contributed by atoms with Crippen molar-refractivity contribution in [2.24, 2.45) is 5.92 Å². The quantitative estimate of drug-likeness (QED) is 0.491. The average molecular weight is 389 g/mol. The number of thioether (sulfide) groups is 1. The van der Waals surface area contributed by atoms with Crippen LogP contribution in [-0.4, -0.2) is 39.3 Å². The summed E-state index contributed by atoms with van der Waals surface area (Å²) < 4.78 is 0.809. The van der Waals surface area contributed by atoms with Crippen LogP contribution in [-0.2, 0) is 11.3 Å². The Morgan fingerprint density at radius 2 is 2.19 bits per heavy atom. The third-order valence-corrected chi connectivity index (χ3v) is 6.43. The predicted molar refractivity (Wildman–Crippen MR) is 108 cm³/mol. The molecule has 1 aromatic carbocycles. The molecule has 1 saturated carbocycles. The second-order valence-electron chi connectivity index (χ2n) is 6.42. The van der Waals surface area contributed by atoms with Crippen molar-refractivity contribution in [1.29, 1.82) is 0 Å². The van der Waals surface area contributed by atoms with Crippen LogP contribution < -0.4 is 5.32 Å². The summed E-state index contributed by atoms with van der Waals surface area (Å²) in [5.74, 6) is 1.19. The van der Waals surface area contributed by atoms with E-state index < -0.39 is 0 Å². The molecule has 1 fully saturated rings. The lowest BCUT2D eigenvalue weighted by Gasteiger charge is -2.29. The van der Waals surface area contributed by atoms with Crippen LogP contribution in [0.4, 0.5) is 5.13 Å². The summed E-state index contributed by atoms with van der Waals surface area (Å²) in [5.41, 5.74) is 1.17. The average Bonchev–Trinajstić information content (AvgIpc) is 3.42. The molecule has 26 heavy (non-hydrogen) atoms. The standard InChI is InChI=1S/C19H24N4OS2/c1-3-11-20-18-21-22-19(26-18)25-13-17(24)23(14(2)16-9-10-16)12-15-7-5-4-6-8-15/h3-8,14,16H,1,9-13H2,2H3,(H,20,21). The van der Waals surface area contributed by atoms with E-state index in [9.17, 15) is 4.79 Å². The summed E-state index contributed by atoms with van der Waals surface area (Å²) in [4.78, 5) is 14.9. The largest absolute Gasteiger partial charge is 0.357 e. The monoisotopic (exact) mass is 388 g/mol. The van der Waals surface area contributed by atoms with Crippen LogP contribution >= 0.6 is 23.1 Å². The number of carbonyl (C=O) groups excluding carboxylic acids is 1. The maximum absolute atomic E-state index is 12.9. The Balaban J connectivity index is 1.59. The van der Waals surface area contributed by atoms with Crippen molar-refractivity contribution in [3.8, 4) is 0 Å². The van der Waals surface area contributed by atoms with E-state index in [0.717, 1.165) is 9.47 Å². The van der Waals surface area contributed by atoms with Crippen LogP contribution in [0.25, 0.3) is 0 Å². The molecule has 0 radical (unpaired) electrons. The smallest absolute Gasteiger partial charge is 0.233 e. The van der Waals surface area contributed by atoms with Gasteiger partial charge >= 0.3 is 0 Å². The number of amides is 1. The summed E-state index contributed by atoms with van der Waals surface area (Å²) >= 11 is 2.93. The second-order valence-corrected chi connectivity index (χ2v) is 8.62. The highest BCUT2D eigenvalue weighted by Crippen LogP contribution is 2.36. The first-order valence-electron chi connectivity index (χ1n) is 8.82. The fourth-order valence-electron chi connectivity index (χ4n) is 2.78. The third kappa shape index (κ3) is 5.32. The van der Waals surface area contributed by atoms with E-state index >= 15 is 0 Å². The van der Waals surface area contributed by atoms with Gasteiger partial charge in [0.15, 0.2) is 4.34 Å². The molecule has 0 spiro atoms. The predicted octanol–water partition coefficient (Wildman–Crippen LogP) is 4.06. The van der Waals surface area contributed by atoms with Gasteiger partial charge in [-0.2, -0.15) is 0 Å². The molecule has 1 aliphatic rings. The Bertz CT molecular complexity index is 730. The number of carbonyl (C=O) groups is 1. The fraction of sp³-hybridized carbons (Fsp3) is 0.421. The highest BCUT2D eigenvalue weighted by atomic mass is 32.2. The minimum absolute atomic E-state index is 0.161.